The summed E-state index contributed by atoms with van der Waals surface area (Å²) in [6.07, 6.45) is 5.46. The molecule has 4 atom stereocenters. The highest BCUT2D eigenvalue weighted by molar-refractivity contribution is 5.94. The molecule has 2 aromatic heterocycles. The molecule has 10 N–H and O–H groups in total. The van der Waals surface area contributed by atoms with Crippen molar-refractivity contribution in [2.75, 3.05) is 6.61 Å². The molecule has 4 unspecified atom stereocenters. The highest BCUT2D eigenvalue weighted by atomic mass is 16.4. The van der Waals surface area contributed by atoms with E-state index in [2.05, 4.69) is 35.9 Å². The molecule has 0 radical (unpaired) electrons. The van der Waals surface area contributed by atoms with Crippen molar-refractivity contribution in [1.29, 1.82) is 0 Å². The lowest BCUT2D eigenvalue weighted by atomic mass is 10.0. The van der Waals surface area contributed by atoms with Crippen LogP contribution in [-0.2, 0) is 38.4 Å². The van der Waals surface area contributed by atoms with Crippen LogP contribution in [0, 0.1) is 0 Å². The van der Waals surface area contributed by atoms with Crippen LogP contribution >= 0.6 is 0 Å². The van der Waals surface area contributed by atoms with Gasteiger partial charge in [0.05, 0.1) is 19.3 Å². The summed E-state index contributed by atoms with van der Waals surface area (Å²) in [6.45, 7) is -0.656. The Morgan fingerprint density at radius 2 is 1.28 bits per heavy atom. The highest BCUT2D eigenvalue weighted by Crippen LogP contribution is 2.12. The molecule has 0 bridgehead atoms. The molecule has 39 heavy (non-hydrogen) atoms. The summed E-state index contributed by atoms with van der Waals surface area (Å²) >= 11 is 0. The number of nitrogens with zero attached hydrogens (tertiary/aromatic N) is 2. The number of nitrogens with one attached hydrogen (secondary N) is 5. The number of carbonyl (C=O) groups excluding carboxylic acids is 3. The molecule has 0 fully saturated rings. The maximum Gasteiger partial charge on any atom is 0.326 e. The van der Waals surface area contributed by atoms with Crippen LogP contribution in [0.3, 0.4) is 0 Å². The Kier molecular flexibility index (Phi) is 10.1. The number of imidazole rings is 2. The second-order valence-electron chi connectivity index (χ2n) is 8.74. The number of aromatic amines is 2. The Hall–Kier alpha value is -4.76. The Bertz CT molecular complexity index is 1230. The van der Waals surface area contributed by atoms with Crippen molar-refractivity contribution in [3.05, 3.63) is 66.3 Å². The lowest BCUT2D eigenvalue weighted by Crippen LogP contribution is -2.58. The van der Waals surface area contributed by atoms with Gasteiger partial charge in [0.2, 0.25) is 17.7 Å². The third-order valence-electron chi connectivity index (χ3n) is 5.75. The van der Waals surface area contributed by atoms with Crippen LogP contribution in [0.15, 0.2) is 49.3 Å². The number of hydrogen-bond acceptors (Lipinski definition) is 9. The van der Waals surface area contributed by atoms with E-state index in [-0.39, 0.29) is 25.0 Å². The van der Waals surface area contributed by atoms with Gasteiger partial charge in [0.15, 0.2) is 0 Å². The first-order chi connectivity index (χ1) is 18.7. The number of aromatic nitrogens is 4. The number of hydrogen-bond donors (Lipinski definition) is 9. The number of amides is 3. The number of phenolic OH excluding ortho intramolecular Hbond substituents is 1. The Balaban J connectivity index is 1.81. The van der Waals surface area contributed by atoms with Gasteiger partial charge in [-0.05, 0) is 17.7 Å². The Morgan fingerprint density at radius 3 is 1.77 bits per heavy atom. The van der Waals surface area contributed by atoms with Gasteiger partial charge in [-0.1, -0.05) is 12.1 Å². The maximum atomic E-state index is 13.4. The number of rotatable bonds is 14. The standard InChI is InChI=1S/C24H30N8O7/c25-17(10-33)21(35)30-18(5-13-1-3-16(34)4-2-13)22(36)31-19(6-14-8-26-11-28-14)23(37)32-20(24(38)39)7-15-9-27-12-29-15/h1-4,8-9,11-12,17-20,33-34H,5-7,10,25H2,(H,26,28)(H,27,29)(H,30,35)(H,31,36)(H,32,37)(H,38,39). The normalized spacial score (nSPS) is 14.0. The van der Waals surface area contributed by atoms with Crippen molar-refractivity contribution < 1.29 is 34.5 Å². The summed E-state index contributed by atoms with van der Waals surface area (Å²) in [5, 5.41) is 35.9. The van der Waals surface area contributed by atoms with Crippen molar-refractivity contribution in [3.8, 4) is 5.75 Å². The zero-order valence-electron chi connectivity index (χ0n) is 20.7. The maximum absolute atomic E-state index is 13.4. The molecule has 0 saturated carbocycles. The minimum absolute atomic E-state index is 0.00509. The average molecular weight is 543 g/mol. The van der Waals surface area contributed by atoms with Gasteiger partial charge in [0.25, 0.3) is 0 Å². The minimum atomic E-state index is -1.32. The molecule has 0 aliphatic carbocycles. The number of aliphatic carboxylic acids is 1. The number of aliphatic hydroxyl groups is 1. The number of aromatic hydroxyl groups is 1. The molecule has 1 aromatic carbocycles. The van der Waals surface area contributed by atoms with Gasteiger partial charge in [0, 0.05) is 43.0 Å². The second-order valence-corrected chi connectivity index (χ2v) is 8.74. The largest absolute Gasteiger partial charge is 0.508 e. The fourth-order valence-corrected chi connectivity index (χ4v) is 3.63. The van der Waals surface area contributed by atoms with E-state index < -0.39 is 54.5 Å². The van der Waals surface area contributed by atoms with Gasteiger partial charge in [0.1, 0.15) is 29.9 Å². The molecular formula is C24H30N8O7. The van der Waals surface area contributed by atoms with E-state index in [0.29, 0.717) is 17.0 Å². The van der Waals surface area contributed by atoms with Gasteiger partial charge >= 0.3 is 5.97 Å². The number of nitrogens with two attached hydrogens (primary N) is 1. The van der Waals surface area contributed by atoms with Gasteiger partial charge in [-0.3, -0.25) is 14.4 Å². The second kappa shape index (κ2) is 13.7. The first-order valence-corrected chi connectivity index (χ1v) is 11.9. The van der Waals surface area contributed by atoms with Crippen LogP contribution in [-0.4, -0.2) is 89.7 Å². The fraction of sp³-hybridized carbons (Fsp3) is 0.333. The molecule has 0 aliphatic heterocycles. The number of carboxylic acids is 1. The van der Waals surface area contributed by atoms with Crippen molar-refractivity contribution in [2.45, 2.75) is 43.4 Å². The van der Waals surface area contributed by atoms with Crippen molar-refractivity contribution in [3.63, 3.8) is 0 Å². The van der Waals surface area contributed by atoms with E-state index in [1.807, 2.05) is 0 Å². The molecule has 3 amide bonds. The molecule has 0 aliphatic rings. The number of aliphatic hydroxyl groups excluding tert-OH is 1. The number of carboxylic acid groups (broad SMARTS) is 1. The summed E-state index contributed by atoms with van der Waals surface area (Å²) < 4.78 is 0. The van der Waals surface area contributed by atoms with Crippen LogP contribution in [0.1, 0.15) is 17.0 Å². The van der Waals surface area contributed by atoms with Gasteiger partial charge in [-0.15, -0.1) is 0 Å². The SMILES string of the molecule is NC(CO)C(=O)NC(Cc1ccc(O)cc1)C(=O)NC(Cc1cnc[nH]1)C(=O)NC(Cc1cnc[nH]1)C(=O)O. The zero-order valence-corrected chi connectivity index (χ0v) is 20.7. The molecular weight excluding hydrogens is 512 g/mol. The predicted octanol–water partition coefficient (Wildman–Crippen LogP) is -2.28. The highest BCUT2D eigenvalue weighted by Gasteiger charge is 2.31. The Morgan fingerprint density at radius 1 is 0.795 bits per heavy atom. The fourth-order valence-electron chi connectivity index (χ4n) is 3.63. The lowest BCUT2D eigenvalue weighted by Gasteiger charge is -2.25. The molecule has 15 nitrogen and oxygen atoms in total. The molecule has 0 spiro atoms. The van der Waals surface area contributed by atoms with E-state index >= 15 is 0 Å². The predicted molar refractivity (Wildman–Crippen MR) is 135 cm³/mol. The zero-order chi connectivity index (χ0) is 28.4. The third kappa shape index (κ3) is 8.65. The summed E-state index contributed by atoms with van der Waals surface area (Å²) in [7, 11) is 0. The number of H-pyrrole nitrogens is 2. The summed E-state index contributed by atoms with van der Waals surface area (Å²) in [6, 6.07) is 0.823. The van der Waals surface area contributed by atoms with Crippen LogP contribution < -0.4 is 21.7 Å². The van der Waals surface area contributed by atoms with Crippen molar-refractivity contribution in [1.82, 2.24) is 35.9 Å². The van der Waals surface area contributed by atoms with Crippen LogP contribution in [0.4, 0.5) is 0 Å². The number of phenols is 1. The van der Waals surface area contributed by atoms with Gasteiger partial charge in [-0.25, -0.2) is 14.8 Å². The topological polar surface area (TPSA) is 248 Å². The minimum Gasteiger partial charge on any atom is -0.508 e. The van der Waals surface area contributed by atoms with E-state index in [0.717, 1.165) is 0 Å². The molecule has 3 rings (SSSR count). The molecule has 2 heterocycles. The van der Waals surface area contributed by atoms with Gasteiger partial charge < -0.3 is 47.0 Å². The van der Waals surface area contributed by atoms with E-state index in [9.17, 15) is 34.5 Å². The van der Waals surface area contributed by atoms with Crippen molar-refractivity contribution >= 4 is 23.7 Å². The summed E-state index contributed by atoms with van der Waals surface area (Å²) in [5.74, 6) is -3.63. The first-order valence-electron chi connectivity index (χ1n) is 11.9. The quantitative estimate of drug-likeness (QED) is 0.106. The van der Waals surface area contributed by atoms with E-state index in [1.165, 1.54) is 37.2 Å². The molecule has 208 valence electrons. The first kappa shape index (κ1) is 28.8. The molecule has 15 heteroatoms. The third-order valence-corrected chi connectivity index (χ3v) is 5.75. The monoisotopic (exact) mass is 542 g/mol. The molecule has 3 aromatic rings. The summed E-state index contributed by atoms with van der Waals surface area (Å²) in [5.41, 5.74) is 7.13. The number of carbonyl (C=O) groups is 4. The van der Waals surface area contributed by atoms with Gasteiger partial charge in [-0.2, -0.15) is 0 Å². The average Bonchev–Trinajstić information content (AvgIpc) is 3.62. The Labute approximate surface area is 222 Å². The number of benzene rings is 1. The van der Waals surface area contributed by atoms with E-state index in [1.54, 1.807) is 12.1 Å². The van der Waals surface area contributed by atoms with Crippen LogP contribution in [0.2, 0.25) is 0 Å². The van der Waals surface area contributed by atoms with Crippen LogP contribution in [0.5, 0.6) is 5.75 Å². The lowest BCUT2D eigenvalue weighted by molar-refractivity contribution is -0.142. The summed E-state index contributed by atoms with van der Waals surface area (Å²) in [4.78, 5) is 64.2. The van der Waals surface area contributed by atoms with Crippen molar-refractivity contribution in [2.24, 2.45) is 5.73 Å². The molecule has 0 saturated heterocycles. The van der Waals surface area contributed by atoms with Crippen LogP contribution in [0.25, 0.3) is 0 Å². The van der Waals surface area contributed by atoms with E-state index in [4.69, 9.17) is 5.73 Å². The smallest absolute Gasteiger partial charge is 0.326 e.